The molecule has 1 fully saturated rings. The Morgan fingerprint density at radius 2 is 2.11 bits per heavy atom. The van der Waals surface area contributed by atoms with E-state index in [2.05, 4.69) is 17.2 Å². The van der Waals surface area contributed by atoms with Gasteiger partial charge in [0.05, 0.1) is 0 Å². The highest BCUT2D eigenvalue weighted by molar-refractivity contribution is 5.92. The monoisotopic (exact) mass is 247 g/mol. The number of carbonyl (C=O) groups is 1. The van der Waals surface area contributed by atoms with E-state index in [4.69, 9.17) is 5.73 Å². The molecule has 0 atom stereocenters. The normalized spacial score (nSPS) is 18.3. The predicted octanol–water partition coefficient (Wildman–Crippen LogP) is 1.99. The molecule has 1 aliphatic carbocycles. The van der Waals surface area contributed by atoms with Gasteiger partial charge in [0.2, 0.25) is 0 Å². The fourth-order valence-electron chi connectivity index (χ4n) is 2.47. The minimum Gasteiger partial charge on any atom is -0.346 e. The van der Waals surface area contributed by atoms with E-state index >= 15 is 0 Å². The molecule has 1 heterocycles. The Hall–Kier alpha value is -1.42. The number of nitrogens with zero attached hydrogens (tertiary/aromatic N) is 1. The van der Waals surface area contributed by atoms with Crippen molar-refractivity contribution in [1.29, 1.82) is 0 Å². The fourth-order valence-corrected chi connectivity index (χ4v) is 2.47. The first-order valence-electron chi connectivity index (χ1n) is 6.60. The van der Waals surface area contributed by atoms with Crippen LogP contribution in [0.2, 0.25) is 0 Å². The minimum absolute atomic E-state index is 0.0659. The highest BCUT2D eigenvalue weighted by Gasteiger charge is 2.28. The van der Waals surface area contributed by atoms with Crippen LogP contribution in [0.1, 0.15) is 55.1 Å². The Morgan fingerprint density at radius 3 is 2.67 bits per heavy atom. The highest BCUT2D eigenvalue weighted by Crippen LogP contribution is 2.27. The van der Waals surface area contributed by atoms with Gasteiger partial charge in [-0.05, 0) is 31.4 Å². The standard InChI is InChI=1S/C14H21N3O/c1-14(7-3-2-4-8-14)17-13(18)12-6-5-11(9-15)10-16-12/h5-6,10H,2-4,7-9,15H2,1H3,(H,17,18). The van der Waals surface area contributed by atoms with Crippen LogP contribution in [0, 0.1) is 0 Å². The number of nitrogens with one attached hydrogen (secondary N) is 1. The van der Waals surface area contributed by atoms with Gasteiger partial charge in [0.1, 0.15) is 5.69 Å². The number of rotatable bonds is 3. The Balaban J connectivity index is 2.02. The van der Waals surface area contributed by atoms with Crippen molar-refractivity contribution in [1.82, 2.24) is 10.3 Å². The summed E-state index contributed by atoms with van der Waals surface area (Å²) >= 11 is 0. The Bertz CT molecular complexity index is 408. The van der Waals surface area contributed by atoms with Crippen LogP contribution in [0.15, 0.2) is 18.3 Å². The lowest BCUT2D eigenvalue weighted by Crippen LogP contribution is -2.47. The van der Waals surface area contributed by atoms with Gasteiger partial charge in [0.25, 0.3) is 5.91 Å². The van der Waals surface area contributed by atoms with Crippen molar-refractivity contribution in [2.24, 2.45) is 5.73 Å². The van der Waals surface area contributed by atoms with Crippen molar-refractivity contribution in [2.45, 2.75) is 51.1 Å². The Labute approximate surface area is 108 Å². The molecular weight excluding hydrogens is 226 g/mol. The largest absolute Gasteiger partial charge is 0.346 e. The predicted molar refractivity (Wildman–Crippen MR) is 71.1 cm³/mol. The molecule has 0 aliphatic heterocycles. The molecule has 0 radical (unpaired) electrons. The third kappa shape index (κ3) is 3.07. The lowest BCUT2D eigenvalue weighted by Gasteiger charge is -2.34. The molecule has 1 aliphatic rings. The Morgan fingerprint density at radius 1 is 1.39 bits per heavy atom. The van der Waals surface area contributed by atoms with Crippen LogP contribution in [0.3, 0.4) is 0 Å². The van der Waals surface area contributed by atoms with Crippen LogP contribution in [-0.4, -0.2) is 16.4 Å². The number of nitrogens with two attached hydrogens (primary N) is 1. The van der Waals surface area contributed by atoms with Gasteiger partial charge in [-0.2, -0.15) is 0 Å². The van der Waals surface area contributed by atoms with Gasteiger partial charge in [-0.25, -0.2) is 0 Å². The molecule has 4 heteroatoms. The first-order chi connectivity index (χ1) is 8.63. The van der Waals surface area contributed by atoms with E-state index < -0.39 is 0 Å². The quantitative estimate of drug-likeness (QED) is 0.858. The van der Waals surface area contributed by atoms with Gasteiger partial charge in [0, 0.05) is 18.3 Å². The third-order valence-electron chi connectivity index (χ3n) is 3.67. The van der Waals surface area contributed by atoms with Crippen molar-refractivity contribution in [3.05, 3.63) is 29.6 Å². The molecule has 3 N–H and O–H groups in total. The number of hydrogen-bond acceptors (Lipinski definition) is 3. The maximum absolute atomic E-state index is 12.1. The Kier molecular flexibility index (Phi) is 3.97. The van der Waals surface area contributed by atoms with Crippen LogP contribution < -0.4 is 11.1 Å². The summed E-state index contributed by atoms with van der Waals surface area (Å²) in [6.45, 7) is 2.57. The summed E-state index contributed by atoms with van der Waals surface area (Å²) in [4.78, 5) is 16.3. The van der Waals surface area contributed by atoms with Gasteiger partial charge in [-0.3, -0.25) is 9.78 Å². The fraction of sp³-hybridized carbons (Fsp3) is 0.571. The lowest BCUT2D eigenvalue weighted by atomic mass is 9.83. The summed E-state index contributed by atoms with van der Waals surface area (Å²) in [5, 5.41) is 3.12. The first kappa shape index (κ1) is 13.0. The van der Waals surface area contributed by atoms with Gasteiger partial charge in [-0.15, -0.1) is 0 Å². The molecule has 98 valence electrons. The van der Waals surface area contributed by atoms with Crippen LogP contribution >= 0.6 is 0 Å². The van der Waals surface area contributed by atoms with E-state index in [0.717, 1.165) is 18.4 Å². The molecule has 0 aromatic carbocycles. The lowest BCUT2D eigenvalue weighted by molar-refractivity contribution is 0.0877. The van der Waals surface area contributed by atoms with Crippen molar-refractivity contribution >= 4 is 5.91 Å². The SMILES string of the molecule is CC1(NC(=O)c2ccc(CN)cn2)CCCCC1. The van der Waals surface area contributed by atoms with Crippen molar-refractivity contribution < 1.29 is 4.79 Å². The summed E-state index contributed by atoms with van der Waals surface area (Å²) in [5.74, 6) is -0.0806. The zero-order valence-electron chi connectivity index (χ0n) is 10.9. The van der Waals surface area contributed by atoms with E-state index in [1.165, 1.54) is 19.3 Å². The number of hydrogen-bond donors (Lipinski definition) is 2. The van der Waals surface area contributed by atoms with Gasteiger partial charge in [0.15, 0.2) is 0 Å². The molecule has 0 bridgehead atoms. The maximum Gasteiger partial charge on any atom is 0.270 e. The smallest absolute Gasteiger partial charge is 0.270 e. The molecule has 18 heavy (non-hydrogen) atoms. The van der Waals surface area contributed by atoms with E-state index in [1.54, 1.807) is 12.3 Å². The number of aromatic nitrogens is 1. The number of pyridine rings is 1. The van der Waals surface area contributed by atoms with Gasteiger partial charge < -0.3 is 11.1 Å². The average molecular weight is 247 g/mol. The summed E-state index contributed by atoms with van der Waals surface area (Å²) in [7, 11) is 0. The van der Waals surface area contributed by atoms with Gasteiger partial charge >= 0.3 is 0 Å². The summed E-state index contributed by atoms with van der Waals surface area (Å²) in [6, 6.07) is 3.59. The second kappa shape index (κ2) is 5.48. The maximum atomic E-state index is 12.1. The molecule has 1 saturated carbocycles. The summed E-state index contributed by atoms with van der Waals surface area (Å²) in [5.41, 5.74) is 6.85. The van der Waals surface area contributed by atoms with Crippen molar-refractivity contribution in [3.8, 4) is 0 Å². The molecule has 1 aromatic heterocycles. The molecule has 0 unspecified atom stereocenters. The number of carbonyl (C=O) groups excluding carboxylic acids is 1. The summed E-state index contributed by atoms with van der Waals surface area (Å²) in [6.07, 6.45) is 7.43. The molecular formula is C14H21N3O. The third-order valence-corrected chi connectivity index (χ3v) is 3.67. The molecule has 1 amide bonds. The van der Waals surface area contributed by atoms with Crippen LogP contribution in [0.5, 0.6) is 0 Å². The van der Waals surface area contributed by atoms with Crippen LogP contribution in [0.25, 0.3) is 0 Å². The van der Waals surface area contributed by atoms with E-state index in [9.17, 15) is 4.79 Å². The minimum atomic E-state index is -0.0806. The average Bonchev–Trinajstić information content (AvgIpc) is 2.39. The van der Waals surface area contributed by atoms with Crippen LogP contribution in [-0.2, 0) is 6.54 Å². The van der Waals surface area contributed by atoms with Gasteiger partial charge in [-0.1, -0.05) is 25.3 Å². The van der Waals surface area contributed by atoms with E-state index in [-0.39, 0.29) is 11.4 Å². The van der Waals surface area contributed by atoms with Crippen molar-refractivity contribution in [3.63, 3.8) is 0 Å². The topological polar surface area (TPSA) is 68.0 Å². The summed E-state index contributed by atoms with van der Waals surface area (Å²) < 4.78 is 0. The highest BCUT2D eigenvalue weighted by atomic mass is 16.2. The first-order valence-corrected chi connectivity index (χ1v) is 6.60. The van der Waals surface area contributed by atoms with Crippen LogP contribution in [0.4, 0.5) is 0 Å². The molecule has 0 saturated heterocycles. The second-order valence-electron chi connectivity index (χ2n) is 5.33. The number of amides is 1. The van der Waals surface area contributed by atoms with E-state index in [1.807, 2.05) is 6.07 Å². The zero-order chi connectivity index (χ0) is 13.0. The molecule has 2 rings (SSSR count). The molecule has 4 nitrogen and oxygen atoms in total. The van der Waals surface area contributed by atoms with E-state index in [0.29, 0.717) is 12.2 Å². The molecule has 1 aromatic rings. The van der Waals surface area contributed by atoms with Crippen molar-refractivity contribution in [2.75, 3.05) is 0 Å². The second-order valence-corrected chi connectivity index (χ2v) is 5.33. The zero-order valence-corrected chi connectivity index (χ0v) is 10.9. The molecule has 0 spiro atoms.